The van der Waals surface area contributed by atoms with E-state index in [2.05, 4.69) is 17.1 Å². The van der Waals surface area contributed by atoms with Crippen molar-refractivity contribution in [1.82, 2.24) is 5.32 Å². The Hall–Kier alpha value is -2.54. The summed E-state index contributed by atoms with van der Waals surface area (Å²) in [6.07, 6.45) is 1.84. The van der Waals surface area contributed by atoms with Gasteiger partial charge in [0.15, 0.2) is 5.78 Å². The summed E-state index contributed by atoms with van der Waals surface area (Å²) in [5, 5.41) is 6.81. The first-order valence-electron chi connectivity index (χ1n) is 8.93. The van der Waals surface area contributed by atoms with Gasteiger partial charge in [-0.25, -0.2) is 4.39 Å². The molecule has 1 aromatic rings. The quantitative estimate of drug-likeness (QED) is 0.311. The van der Waals surface area contributed by atoms with Crippen molar-refractivity contribution >= 4 is 17.4 Å². The molecule has 0 aliphatic carbocycles. The molecule has 1 N–H and O–H groups in total. The molecule has 6 nitrogen and oxygen atoms in total. The summed E-state index contributed by atoms with van der Waals surface area (Å²) in [6, 6.07) is 4.21. The number of oxime groups is 1. The highest BCUT2D eigenvalue weighted by Crippen LogP contribution is 2.16. The lowest BCUT2D eigenvalue weighted by molar-refractivity contribution is -0.127. The van der Waals surface area contributed by atoms with E-state index >= 15 is 0 Å². The fraction of sp³-hybridized carbons (Fsp3) is 0.450. The molecule has 1 aliphatic heterocycles. The first-order chi connectivity index (χ1) is 12.9. The number of hydrogen-bond acceptors (Lipinski definition) is 5. The number of ketones is 1. The highest BCUT2D eigenvalue weighted by Gasteiger charge is 2.30. The molecule has 146 valence electrons. The number of Topliss-reactive ketones (excluding diaryl/α,β-unsaturated/α-hetero) is 1. The molecule has 7 heteroatoms. The van der Waals surface area contributed by atoms with Crippen molar-refractivity contribution in [2.75, 3.05) is 13.2 Å². The zero-order valence-corrected chi connectivity index (χ0v) is 15.7. The number of aryl methyl sites for hydroxylation is 1. The van der Waals surface area contributed by atoms with Gasteiger partial charge < -0.3 is 14.9 Å². The molecule has 1 heterocycles. The standard InChI is InChI=1S/C20H25FN2O4/c1-4-6-27-23-17(14-7-13(3)8-15(21)9-14)11-20(25)22-16-10-19(26-12-16)18(24)5-2/h4,7-9,16,19H,1,5-6,10-12H2,2-3H3,(H,22,25)/b23-17+. The smallest absolute Gasteiger partial charge is 0.226 e. The second-order valence-electron chi connectivity index (χ2n) is 6.46. The molecule has 1 saturated heterocycles. The number of benzene rings is 1. The van der Waals surface area contributed by atoms with Crippen molar-refractivity contribution in [3.05, 3.63) is 47.8 Å². The molecule has 0 radical (unpaired) electrons. The van der Waals surface area contributed by atoms with Crippen LogP contribution in [0.25, 0.3) is 0 Å². The highest BCUT2D eigenvalue weighted by molar-refractivity contribution is 6.10. The van der Waals surface area contributed by atoms with Crippen LogP contribution in [-0.2, 0) is 19.2 Å². The van der Waals surface area contributed by atoms with Gasteiger partial charge in [0.1, 0.15) is 18.5 Å². The SMILES string of the molecule is C=CCO/N=C(\CC(=O)NC1COC(C(=O)CC)C1)c1cc(C)cc(F)c1. The molecule has 0 saturated carbocycles. The van der Waals surface area contributed by atoms with Gasteiger partial charge in [-0.2, -0.15) is 0 Å². The lowest BCUT2D eigenvalue weighted by Gasteiger charge is -2.12. The van der Waals surface area contributed by atoms with Gasteiger partial charge in [-0.3, -0.25) is 9.59 Å². The third kappa shape index (κ3) is 6.29. The number of halogens is 1. The fourth-order valence-electron chi connectivity index (χ4n) is 2.87. The largest absolute Gasteiger partial charge is 0.391 e. The van der Waals surface area contributed by atoms with Gasteiger partial charge in [0.25, 0.3) is 0 Å². The minimum atomic E-state index is -0.463. The molecule has 2 atom stereocenters. The maximum atomic E-state index is 13.7. The lowest BCUT2D eigenvalue weighted by atomic mass is 10.0. The number of rotatable bonds is 9. The lowest BCUT2D eigenvalue weighted by Crippen LogP contribution is -2.36. The van der Waals surface area contributed by atoms with E-state index in [4.69, 9.17) is 9.57 Å². The van der Waals surface area contributed by atoms with E-state index in [1.165, 1.54) is 18.2 Å². The molecule has 0 spiro atoms. The molecule has 0 aromatic heterocycles. The van der Waals surface area contributed by atoms with Crippen molar-refractivity contribution in [3.63, 3.8) is 0 Å². The van der Waals surface area contributed by atoms with Crippen LogP contribution in [0.5, 0.6) is 0 Å². The van der Waals surface area contributed by atoms with Crippen molar-refractivity contribution < 1.29 is 23.6 Å². The van der Waals surface area contributed by atoms with E-state index in [0.29, 0.717) is 36.3 Å². The number of hydrogen-bond donors (Lipinski definition) is 1. The average Bonchev–Trinajstić information content (AvgIpc) is 3.08. The Morgan fingerprint density at radius 2 is 2.22 bits per heavy atom. The van der Waals surface area contributed by atoms with Crippen LogP contribution in [0.3, 0.4) is 0 Å². The molecule has 0 bridgehead atoms. The van der Waals surface area contributed by atoms with E-state index < -0.39 is 11.9 Å². The van der Waals surface area contributed by atoms with Crippen LogP contribution >= 0.6 is 0 Å². The first-order valence-corrected chi connectivity index (χ1v) is 8.93. The number of nitrogens with zero attached hydrogens (tertiary/aromatic N) is 1. The van der Waals surface area contributed by atoms with Crippen molar-refractivity contribution in [1.29, 1.82) is 0 Å². The summed E-state index contributed by atoms with van der Waals surface area (Å²) in [4.78, 5) is 29.2. The molecule has 2 unspecified atom stereocenters. The van der Waals surface area contributed by atoms with Crippen molar-refractivity contribution in [2.24, 2.45) is 5.16 Å². The zero-order chi connectivity index (χ0) is 19.8. The minimum Gasteiger partial charge on any atom is -0.391 e. The van der Waals surface area contributed by atoms with Gasteiger partial charge in [-0.15, -0.1) is 0 Å². The summed E-state index contributed by atoms with van der Waals surface area (Å²) < 4.78 is 19.2. The molecular weight excluding hydrogens is 351 g/mol. The van der Waals surface area contributed by atoms with Crippen molar-refractivity contribution in [2.45, 2.75) is 45.3 Å². The minimum absolute atomic E-state index is 0.0297. The van der Waals surface area contributed by atoms with Crippen LogP contribution in [0.15, 0.2) is 36.0 Å². The maximum absolute atomic E-state index is 13.7. The number of carbonyl (C=O) groups is 2. The summed E-state index contributed by atoms with van der Waals surface area (Å²) in [6.45, 7) is 7.55. The van der Waals surface area contributed by atoms with Crippen LogP contribution in [0.4, 0.5) is 4.39 Å². The average molecular weight is 376 g/mol. The zero-order valence-electron chi connectivity index (χ0n) is 15.7. The topological polar surface area (TPSA) is 77.0 Å². The van der Waals surface area contributed by atoms with Gasteiger partial charge in [0, 0.05) is 18.4 Å². The molecule has 1 fully saturated rings. The molecule has 1 aliphatic rings. The van der Waals surface area contributed by atoms with Crippen molar-refractivity contribution in [3.8, 4) is 0 Å². The third-order valence-electron chi connectivity index (χ3n) is 4.14. The summed E-state index contributed by atoms with van der Waals surface area (Å²) in [7, 11) is 0. The summed E-state index contributed by atoms with van der Waals surface area (Å²) in [5.41, 5.74) is 1.51. The van der Waals surface area contributed by atoms with E-state index in [-0.39, 0.29) is 30.8 Å². The van der Waals surface area contributed by atoms with Crippen LogP contribution in [0, 0.1) is 12.7 Å². The van der Waals surface area contributed by atoms with Gasteiger partial charge in [-0.1, -0.05) is 24.7 Å². The summed E-state index contributed by atoms with van der Waals surface area (Å²) >= 11 is 0. The van der Waals surface area contributed by atoms with Gasteiger partial charge in [0.05, 0.1) is 24.8 Å². The van der Waals surface area contributed by atoms with Gasteiger partial charge >= 0.3 is 0 Å². The number of nitrogens with one attached hydrogen (secondary N) is 1. The molecule has 27 heavy (non-hydrogen) atoms. The predicted molar refractivity (Wildman–Crippen MR) is 100 cm³/mol. The second kappa shape index (κ2) is 9.97. The second-order valence-corrected chi connectivity index (χ2v) is 6.46. The maximum Gasteiger partial charge on any atom is 0.226 e. The molecule has 1 aromatic carbocycles. The summed E-state index contributed by atoms with van der Waals surface area (Å²) in [5.74, 6) is -0.676. The Balaban J connectivity index is 2.04. The van der Waals surface area contributed by atoms with Crippen LogP contribution in [0.2, 0.25) is 0 Å². The monoisotopic (exact) mass is 376 g/mol. The number of ether oxygens (including phenoxy) is 1. The molecule has 1 amide bonds. The van der Waals surface area contributed by atoms with Gasteiger partial charge in [0.2, 0.25) is 5.91 Å². The fourth-order valence-corrected chi connectivity index (χ4v) is 2.87. The van der Waals surface area contributed by atoms with E-state index in [1.807, 2.05) is 0 Å². The van der Waals surface area contributed by atoms with E-state index in [1.54, 1.807) is 19.9 Å². The highest BCUT2D eigenvalue weighted by atomic mass is 19.1. The Bertz CT molecular complexity index is 712. The van der Waals surface area contributed by atoms with E-state index in [0.717, 1.165) is 0 Å². The molecular formula is C20H25FN2O4. The van der Waals surface area contributed by atoms with Crippen LogP contribution in [0.1, 0.15) is 37.3 Å². The van der Waals surface area contributed by atoms with Gasteiger partial charge in [-0.05, 0) is 30.7 Å². The Labute approximate surface area is 158 Å². The normalized spacial score (nSPS) is 19.6. The van der Waals surface area contributed by atoms with E-state index in [9.17, 15) is 14.0 Å². The number of amides is 1. The Kier molecular flexibility index (Phi) is 7.67. The third-order valence-corrected chi connectivity index (χ3v) is 4.14. The predicted octanol–water partition coefficient (Wildman–Crippen LogP) is 2.68. The van der Waals surface area contributed by atoms with Crippen LogP contribution < -0.4 is 5.32 Å². The van der Waals surface area contributed by atoms with Crippen LogP contribution in [-0.4, -0.2) is 42.8 Å². The molecule has 2 rings (SSSR count). The first kappa shape index (κ1) is 20.8. The number of carbonyl (C=O) groups excluding carboxylic acids is 2. The Morgan fingerprint density at radius 1 is 1.44 bits per heavy atom. The Morgan fingerprint density at radius 3 is 2.89 bits per heavy atom.